The number of hydrogen-bond donors (Lipinski definition) is 2. The smallest absolute Gasteiger partial charge is 0.337 e. The molecule has 0 radical (unpaired) electrons. The van der Waals surface area contributed by atoms with Gasteiger partial charge in [0.1, 0.15) is 0 Å². The molecule has 0 saturated heterocycles. The van der Waals surface area contributed by atoms with Crippen molar-refractivity contribution in [3.63, 3.8) is 0 Å². The van der Waals surface area contributed by atoms with Crippen LogP contribution in [0.4, 0.5) is 0 Å². The van der Waals surface area contributed by atoms with Gasteiger partial charge in [0.2, 0.25) is 10.0 Å². The van der Waals surface area contributed by atoms with Crippen LogP contribution in [0.15, 0.2) is 23.1 Å². The fraction of sp³-hybridized carbons (Fsp3) is 0.125. The third-order valence-electron chi connectivity index (χ3n) is 1.75. The molecule has 0 unspecified atom stereocenters. The standard InChI is InChI=1S/C8H8ClNO4S/c1-10-15(13,14)5-2-3-6(8(11)12)7(9)4-5/h2-4,10H,1H3,(H,11,12). The van der Waals surface area contributed by atoms with Crippen LogP contribution in [-0.4, -0.2) is 26.5 Å². The van der Waals surface area contributed by atoms with Crippen LogP contribution in [-0.2, 0) is 10.0 Å². The molecule has 2 N–H and O–H groups in total. The van der Waals surface area contributed by atoms with E-state index in [1.165, 1.54) is 13.1 Å². The normalized spacial score (nSPS) is 11.3. The molecule has 0 atom stereocenters. The minimum absolute atomic E-state index is 0.0694. The van der Waals surface area contributed by atoms with E-state index in [2.05, 4.69) is 4.72 Å². The number of benzene rings is 1. The molecule has 0 heterocycles. The van der Waals surface area contributed by atoms with Gasteiger partial charge in [-0.25, -0.2) is 17.9 Å². The summed E-state index contributed by atoms with van der Waals surface area (Å²) in [6, 6.07) is 3.42. The maximum atomic E-state index is 11.3. The molecular formula is C8H8ClNO4S. The highest BCUT2D eigenvalue weighted by molar-refractivity contribution is 7.89. The Hall–Kier alpha value is -1.11. The van der Waals surface area contributed by atoms with Gasteiger partial charge in [0.15, 0.2) is 0 Å². The summed E-state index contributed by atoms with van der Waals surface area (Å²) in [5.74, 6) is -1.20. The average Bonchev–Trinajstić information content (AvgIpc) is 2.17. The Morgan fingerprint density at radius 3 is 2.47 bits per heavy atom. The minimum Gasteiger partial charge on any atom is -0.478 e. The molecular weight excluding hydrogens is 242 g/mol. The molecule has 7 heteroatoms. The SMILES string of the molecule is CNS(=O)(=O)c1ccc(C(=O)O)c(Cl)c1. The van der Waals surface area contributed by atoms with Gasteiger partial charge < -0.3 is 5.11 Å². The summed E-state index contributed by atoms with van der Waals surface area (Å²) >= 11 is 5.61. The maximum absolute atomic E-state index is 11.3. The Bertz CT molecular complexity index is 497. The number of carboxylic acid groups (broad SMARTS) is 1. The fourth-order valence-electron chi connectivity index (χ4n) is 0.954. The first-order chi connectivity index (χ1) is 6.88. The van der Waals surface area contributed by atoms with E-state index in [-0.39, 0.29) is 15.5 Å². The Morgan fingerprint density at radius 1 is 1.47 bits per heavy atom. The van der Waals surface area contributed by atoms with Gasteiger partial charge in [-0.15, -0.1) is 0 Å². The molecule has 0 aliphatic heterocycles. The molecule has 0 aliphatic carbocycles. The van der Waals surface area contributed by atoms with Crippen LogP contribution in [0.25, 0.3) is 0 Å². The third-order valence-corrected chi connectivity index (χ3v) is 3.47. The minimum atomic E-state index is -3.59. The molecule has 0 fully saturated rings. The van der Waals surface area contributed by atoms with Gasteiger partial charge in [-0.1, -0.05) is 11.6 Å². The van der Waals surface area contributed by atoms with E-state index >= 15 is 0 Å². The number of hydrogen-bond acceptors (Lipinski definition) is 3. The first-order valence-corrected chi connectivity index (χ1v) is 5.71. The average molecular weight is 250 g/mol. The summed E-state index contributed by atoms with van der Waals surface area (Å²) in [7, 11) is -2.33. The second-order valence-corrected chi connectivity index (χ2v) is 4.95. The number of carboxylic acids is 1. The molecule has 0 spiro atoms. The molecule has 0 saturated carbocycles. The van der Waals surface area contributed by atoms with Crippen molar-refractivity contribution in [2.45, 2.75) is 4.90 Å². The topological polar surface area (TPSA) is 83.5 Å². The van der Waals surface area contributed by atoms with Crippen LogP contribution < -0.4 is 4.72 Å². The van der Waals surface area contributed by atoms with Gasteiger partial charge in [0, 0.05) is 0 Å². The highest BCUT2D eigenvalue weighted by Gasteiger charge is 2.15. The summed E-state index contributed by atoms with van der Waals surface area (Å²) in [4.78, 5) is 10.5. The molecule has 5 nitrogen and oxygen atoms in total. The molecule has 82 valence electrons. The van der Waals surface area contributed by atoms with E-state index in [1.54, 1.807) is 0 Å². The largest absolute Gasteiger partial charge is 0.478 e. The highest BCUT2D eigenvalue weighted by atomic mass is 35.5. The monoisotopic (exact) mass is 249 g/mol. The van der Waals surface area contributed by atoms with Gasteiger partial charge >= 0.3 is 5.97 Å². The van der Waals surface area contributed by atoms with Crippen molar-refractivity contribution in [1.82, 2.24) is 4.72 Å². The van der Waals surface area contributed by atoms with E-state index in [9.17, 15) is 13.2 Å². The number of aromatic carboxylic acids is 1. The molecule has 1 rings (SSSR count). The molecule has 15 heavy (non-hydrogen) atoms. The van der Waals surface area contributed by atoms with Crippen LogP contribution in [0.5, 0.6) is 0 Å². The van der Waals surface area contributed by atoms with Crippen LogP contribution in [0.3, 0.4) is 0 Å². The second-order valence-electron chi connectivity index (χ2n) is 2.65. The molecule has 1 aromatic carbocycles. The van der Waals surface area contributed by atoms with Crippen LogP contribution in [0.1, 0.15) is 10.4 Å². The van der Waals surface area contributed by atoms with Crippen molar-refractivity contribution in [2.75, 3.05) is 7.05 Å². The Balaban J connectivity index is 3.30. The van der Waals surface area contributed by atoms with E-state index < -0.39 is 16.0 Å². The quantitative estimate of drug-likeness (QED) is 0.835. The lowest BCUT2D eigenvalue weighted by molar-refractivity contribution is 0.0697. The lowest BCUT2D eigenvalue weighted by Gasteiger charge is -2.04. The van der Waals surface area contributed by atoms with Crippen molar-refractivity contribution in [1.29, 1.82) is 0 Å². The van der Waals surface area contributed by atoms with Crippen molar-refractivity contribution in [2.24, 2.45) is 0 Å². The van der Waals surface area contributed by atoms with E-state index in [0.29, 0.717) is 0 Å². The third kappa shape index (κ3) is 2.47. The van der Waals surface area contributed by atoms with Crippen LogP contribution in [0, 0.1) is 0 Å². The Morgan fingerprint density at radius 2 is 2.07 bits per heavy atom. The molecule has 0 aromatic heterocycles. The van der Waals surface area contributed by atoms with Crippen molar-refractivity contribution in [3.05, 3.63) is 28.8 Å². The van der Waals surface area contributed by atoms with Gasteiger partial charge in [-0.2, -0.15) is 0 Å². The van der Waals surface area contributed by atoms with Gasteiger partial charge in [0.05, 0.1) is 15.5 Å². The summed E-state index contributed by atoms with van der Waals surface area (Å²) in [6.07, 6.45) is 0. The van der Waals surface area contributed by atoms with Crippen molar-refractivity contribution < 1.29 is 18.3 Å². The first kappa shape index (κ1) is 12.0. The van der Waals surface area contributed by atoms with Crippen LogP contribution >= 0.6 is 11.6 Å². The van der Waals surface area contributed by atoms with Gasteiger partial charge in [-0.3, -0.25) is 0 Å². The van der Waals surface area contributed by atoms with Gasteiger partial charge in [-0.05, 0) is 25.2 Å². The highest BCUT2D eigenvalue weighted by Crippen LogP contribution is 2.20. The first-order valence-electron chi connectivity index (χ1n) is 3.85. The van der Waals surface area contributed by atoms with Crippen molar-refractivity contribution >= 4 is 27.6 Å². The number of sulfonamides is 1. The number of halogens is 1. The number of rotatable bonds is 3. The van der Waals surface area contributed by atoms with E-state index in [0.717, 1.165) is 12.1 Å². The fourth-order valence-corrected chi connectivity index (χ4v) is 2.04. The second kappa shape index (κ2) is 4.18. The Labute approximate surface area is 91.7 Å². The Kier molecular flexibility index (Phi) is 3.33. The molecule has 0 aliphatic rings. The zero-order valence-corrected chi connectivity index (χ0v) is 9.26. The summed E-state index contributed by atoms with van der Waals surface area (Å²) in [6.45, 7) is 0. The summed E-state index contributed by atoms with van der Waals surface area (Å²) in [5.41, 5.74) is -0.133. The number of carbonyl (C=O) groups is 1. The summed E-state index contributed by atoms with van der Waals surface area (Å²) < 4.78 is 24.7. The van der Waals surface area contributed by atoms with Gasteiger partial charge in [0.25, 0.3) is 0 Å². The summed E-state index contributed by atoms with van der Waals surface area (Å²) in [5, 5.41) is 8.55. The van der Waals surface area contributed by atoms with E-state index in [4.69, 9.17) is 16.7 Å². The zero-order valence-electron chi connectivity index (χ0n) is 7.69. The predicted molar refractivity (Wildman–Crippen MR) is 54.7 cm³/mol. The van der Waals surface area contributed by atoms with E-state index in [1.807, 2.05) is 0 Å². The molecule has 0 bridgehead atoms. The molecule has 0 amide bonds. The number of nitrogens with one attached hydrogen (secondary N) is 1. The zero-order chi connectivity index (χ0) is 11.6. The lowest BCUT2D eigenvalue weighted by Crippen LogP contribution is -2.18. The lowest BCUT2D eigenvalue weighted by atomic mass is 10.2. The predicted octanol–water partition coefficient (Wildman–Crippen LogP) is 0.946. The van der Waals surface area contributed by atoms with Crippen molar-refractivity contribution in [3.8, 4) is 0 Å². The maximum Gasteiger partial charge on any atom is 0.337 e. The van der Waals surface area contributed by atoms with Crippen LogP contribution in [0.2, 0.25) is 5.02 Å². The molecule has 1 aromatic rings.